The summed E-state index contributed by atoms with van der Waals surface area (Å²) in [6, 6.07) is 10.1. The lowest BCUT2D eigenvalue weighted by Crippen LogP contribution is -2.26. The molecule has 0 spiro atoms. The van der Waals surface area contributed by atoms with Gasteiger partial charge in [0.25, 0.3) is 0 Å². The standard InChI is InChI=1S/C22H27N3O6S/c1-6-21(26)25-18(14-11-19(29-2)22(31-4)20(12-14)30-3)13-17(23-25)15-9-7-8-10-16(15)24-32(5,27)28/h7-12,18,24H,6,13H2,1-5H3/t18-/m0/s1. The van der Waals surface area contributed by atoms with Crippen molar-refractivity contribution in [2.75, 3.05) is 32.3 Å². The predicted molar refractivity (Wildman–Crippen MR) is 122 cm³/mol. The highest BCUT2D eigenvalue weighted by molar-refractivity contribution is 7.92. The van der Waals surface area contributed by atoms with Gasteiger partial charge in [-0.05, 0) is 23.8 Å². The number of amides is 1. The van der Waals surface area contributed by atoms with Gasteiger partial charge in [-0.3, -0.25) is 9.52 Å². The maximum absolute atomic E-state index is 12.7. The van der Waals surface area contributed by atoms with E-state index in [0.29, 0.717) is 40.6 Å². The number of anilines is 1. The Kier molecular flexibility index (Phi) is 6.93. The second-order valence-corrected chi connectivity index (χ2v) is 8.99. The van der Waals surface area contributed by atoms with Gasteiger partial charge in [0.15, 0.2) is 11.5 Å². The summed E-state index contributed by atoms with van der Waals surface area (Å²) in [7, 11) is 1.09. The SMILES string of the molecule is CCC(=O)N1N=C(c2ccccc2NS(C)(=O)=O)C[C@H]1c1cc(OC)c(OC)c(OC)c1. The van der Waals surface area contributed by atoms with E-state index < -0.39 is 16.1 Å². The molecule has 1 aliphatic rings. The fourth-order valence-electron chi connectivity index (χ4n) is 3.64. The van der Waals surface area contributed by atoms with Crippen LogP contribution >= 0.6 is 0 Å². The first kappa shape index (κ1) is 23.4. The van der Waals surface area contributed by atoms with Crippen LogP contribution in [0.1, 0.15) is 36.9 Å². The molecule has 172 valence electrons. The fourth-order valence-corrected chi connectivity index (χ4v) is 4.22. The summed E-state index contributed by atoms with van der Waals surface area (Å²) < 4.78 is 42.5. The molecule has 1 atom stereocenters. The topological polar surface area (TPSA) is 107 Å². The average Bonchev–Trinajstić information content (AvgIpc) is 3.22. The summed E-state index contributed by atoms with van der Waals surface area (Å²) >= 11 is 0. The van der Waals surface area contributed by atoms with E-state index in [1.165, 1.54) is 26.3 Å². The van der Waals surface area contributed by atoms with Crippen LogP contribution in [0.15, 0.2) is 41.5 Å². The molecule has 1 N–H and O–H groups in total. The molecule has 0 radical (unpaired) electrons. The van der Waals surface area contributed by atoms with E-state index in [1.807, 2.05) is 0 Å². The van der Waals surface area contributed by atoms with Gasteiger partial charge in [0, 0.05) is 18.4 Å². The molecule has 0 saturated heterocycles. The third-order valence-corrected chi connectivity index (χ3v) is 5.66. The van der Waals surface area contributed by atoms with E-state index in [0.717, 1.165) is 11.8 Å². The number of para-hydroxylation sites is 1. The van der Waals surface area contributed by atoms with Crippen molar-refractivity contribution >= 4 is 27.3 Å². The first-order valence-corrected chi connectivity index (χ1v) is 11.9. The van der Waals surface area contributed by atoms with Crippen molar-refractivity contribution in [3.8, 4) is 17.2 Å². The van der Waals surface area contributed by atoms with Gasteiger partial charge in [0.1, 0.15) is 0 Å². The van der Waals surface area contributed by atoms with Crippen molar-refractivity contribution in [2.45, 2.75) is 25.8 Å². The van der Waals surface area contributed by atoms with Crippen molar-refractivity contribution < 1.29 is 27.4 Å². The second-order valence-electron chi connectivity index (χ2n) is 7.24. The van der Waals surface area contributed by atoms with Crippen molar-refractivity contribution in [1.29, 1.82) is 0 Å². The molecule has 0 fully saturated rings. The number of hydrogen-bond donors (Lipinski definition) is 1. The molecular weight excluding hydrogens is 434 g/mol. The van der Waals surface area contributed by atoms with Crippen LogP contribution in [-0.2, 0) is 14.8 Å². The zero-order valence-corrected chi connectivity index (χ0v) is 19.5. The molecule has 0 saturated carbocycles. The smallest absolute Gasteiger partial charge is 0.242 e. The molecule has 0 aliphatic carbocycles. The second kappa shape index (κ2) is 9.47. The number of rotatable bonds is 8. The van der Waals surface area contributed by atoms with Crippen molar-refractivity contribution in [1.82, 2.24) is 5.01 Å². The lowest BCUT2D eigenvalue weighted by atomic mass is 9.97. The molecule has 0 bridgehead atoms. The highest BCUT2D eigenvalue weighted by Crippen LogP contribution is 2.43. The van der Waals surface area contributed by atoms with Gasteiger partial charge in [-0.2, -0.15) is 5.10 Å². The van der Waals surface area contributed by atoms with E-state index in [4.69, 9.17) is 14.2 Å². The monoisotopic (exact) mass is 461 g/mol. The highest BCUT2D eigenvalue weighted by Gasteiger charge is 2.34. The normalized spacial score (nSPS) is 15.8. The number of nitrogens with zero attached hydrogens (tertiary/aromatic N) is 2. The Balaban J connectivity index is 2.08. The van der Waals surface area contributed by atoms with E-state index in [-0.39, 0.29) is 12.3 Å². The van der Waals surface area contributed by atoms with E-state index >= 15 is 0 Å². The van der Waals surface area contributed by atoms with E-state index in [1.54, 1.807) is 43.3 Å². The van der Waals surface area contributed by atoms with Crippen LogP contribution in [0, 0.1) is 0 Å². The molecule has 2 aromatic rings. The maximum atomic E-state index is 12.7. The lowest BCUT2D eigenvalue weighted by molar-refractivity contribution is -0.132. The minimum atomic E-state index is -3.49. The zero-order valence-electron chi connectivity index (χ0n) is 18.7. The molecular formula is C22H27N3O6S. The minimum Gasteiger partial charge on any atom is -0.493 e. The summed E-state index contributed by atoms with van der Waals surface area (Å²) in [4.78, 5) is 12.7. The molecule has 32 heavy (non-hydrogen) atoms. The van der Waals surface area contributed by atoms with Gasteiger partial charge >= 0.3 is 0 Å². The Hall–Kier alpha value is -3.27. The zero-order chi connectivity index (χ0) is 23.5. The molecule has 10 heteroatoms. The third kappa shape index (κ3) is 4.80. The largest absolute Gasteiger partial charge is 0.493 e. The van der Waals surface area contributed by atoms with Crippen LogP contribution in [0.3, 0.4) is 0 Å². The molecule has 9 nitrogen and oxygen atoms in total. The number of hydrogen-bond acceptors (Lipinski definition) is 7. The number of nitrogens with one attached hydrogen (secondary N) is 1. The quantitative estimate of drug-likeness (QED) is 0.647. The Morgan fingerprint density at radius 1 is 1.12 bits per heavy atom. The maximum Gasteiger partial charge on any atom is 0.242 e. The Bertz CT molecular complexity index is 1120. The van der Waals surface area contributed by atoms with Gasteiger partial charge in [0.2, 0.25) is 21.7 Å². The number of hydrazone groups is 1. The number of ether oxygens (including phenoxy) is 3. The fraction of sp³-hybridized carbons (Fsp3) is 0.364. The number of benzene rings is 2. The highest BCUT2D eigenvalue weighted by atomic mass is 32.2. The summed E-state index contributed by atoms with van der Waals surface area (Å²) in [6.45, 7) is 1.77. The van der Waals surface area contributed by atoms with Crippen molar-refractivity contribution in [3.05, 3.63) is 47.5 Å². The van der Waals surface area contributed by atoms with Crippen LogP contribution in [0.5, 0.6) is 17.2 Å². The number of methoxy groups -OCH3 is 3. The van der Waals surface area contributed by atoms with Crippen LogP contribution in [0.2, 0.25) is 0 Å². The van der Waals surface area contributed by atoms with E-state index in [9.17, 15) is 13.2 Å². The minimum absolute atomic E-state index is 0.160. The van der Waals surface area contributed by atoms with Crippen LogP contribution in [0.4, 0.5) is 5.69 Å². The Morgan fingerprint density at radius 2 is 1.75 bits per heavy atom. The predicted octanol–water partition coefficient (Wildman–Crippen LogP) is 3.17. The van der Waals surface area contributed by atoms with Crippen LogP contribution in [0.25, 0.3) is 0 Å². The van der Waals surface area contributed by atoms with Crippen LogP contribution < -0.4 is 18.9 Å². The van der Waals surface area contributed by atoms with Crippen molar-refractivity contribution in [3.63, 3.8) is 0 Å². The molecule has 1 amide bonds. The Morgan fingerprint density at radius 3 is 2.28 bits per heavy atom. The average molecular weight is 462 g/mol. The number of carbonyl (C=O) groups is 1. The summed E-state index contributed by atoms with van der Waals surface area (Å²) in [5.41, 5.74) is 2.37. The van der Waals surface area contributed by atoms with Gasteiger partial charge in [0.05, 0.1) is 45.0 Å². The third-order valence-electron chi connectivity index (χ3n) is 5.07. The number of carbonyl (C=O) groups excluding carboxylic acids is 1. The molecule has 1 heterocycles. The van der Waals surface area contributed by atoms with E-state index in [2.05, 4.69) is 9.82 Å². The van der Waals surface area contributed by atoms with Gasteiger partial charge in [-0.25, -0.2) is 13.4 Å². The van der Waals surface area contributed by atoms with Crippen LogP contribution in [-0.4, -0.2) is 52.6 Å². The summed E-state index contributed by atoms with van der Waals surface area (Å²) in [5, 5.41) is 6.02. The molecule has 3 rings (SSSR count). The molecule has 0 aromatic heterocycles. The molecule has 0 unspecified atom stereocenters. The molecule has 1 aliphatic heterocycles. The van der Waals surface area contributed by atoms with Gasteiger partial charge < -0.3 is 14.2 Å². The number of sulfonamides is 1. The van der Waals surface area contributed by atoms with Gasteiger partial charge in [-0.1, -0.05) is 25.1 Å². The first-order valence-electron chi connectivity index (χ1n) is 9.99. The molecule has 2 aromatic carbocycles. The Labute approximate surface area is 188 Å². The first-order chi connectivity index (χ1) is 15.2. The lowest BCUT2D eigenvalue weighted by Gasteiger charge is -2.23. The summed E-state index contributed by atoms with van der Waals surface area (Å²) in [6.07, 6.45) is 1.74. The summed E-state index contributed by atoms with van der Waals surface area (Å²) in [5.74, 6) is 1.23. The van der Waals surface area contributed by atoms with Crippen molar-refractivity contribution in [2.24, 2.45) is 5.10 Å². The van der Waals surface area contributed by atoms with Gasteiger partial charge in [-0.15, -0.1) is 0 Å².